The molecule has 4 rings (SSSR count). The van der Waals surface area contributed by atoms with E-state index >= 15 is 0 Å². The summed E-state index contributed by atoms with van der Waals surface area (Å²) >= 11 is 7.24. The predicted octanol–water partition coefficient (Wildman–Crippen LogP) is 4.85. The van der Waals surface area contributed by atoms with Crippen LogP contribution in [0.5, 0.6) is 0 Å². The molecule has 0 fully saturated rings. The van der Waals surface area contributed by atoms with Crippen LogP contribution in [-0.4, -0.2) is 9.55 Å². The highest BCUT2D eigenvalue weighted by Crippen LogP contribution is 2.35. The van der Waals surface area contributed by atoms with Crippen LogP contribution in [-0.2, 0) is 12.8 Å². The van der Waals surface area contributed by atoms with E-state index in [1.54, 1.807) is 15.9 Å². The van der Waals surface area contributed by atoms with E-state index in [4.69, 9.17) is 12.2 Å². The van der Waals surface area contributed by atoms with Crippen molar-refractivity contribution in [2.24, 2.45) is 5.92 Å². The van der Waals surface area contributed by atoms with E-state index < -0.39 is 0 Å². The summed E-state index contributed by atoms with van der Waals surface area (Å²) in [5, 5.41) is 0.844. The molecule has 0 bridgehead atoms. The van der Waals surface area contributed by atoms with Crippen LogP contribution in [0.3, 0.4) is 0 Å². The lowest BCUT2D eigenvalue weighted by atomic mass is 9.89. The summed E-state index contributed by atoms with van der Waals surface area (Å²) in [7, 11) is 0. The van der Waals surface area contributed by atoms with Crippen LogP contribution < -0.4 is 5.56 Å². The maximum Gasteiger partial charge on any atom is 0.267 e. The fraction of sp³-hybridized carbons (Fsp3) is 0.368. The zero-order valence-corrected chi connectivity index (χ0v) is 15.7. The first kappa shape index (κ1) is 15.8. The summed E-state index contributed by atoms with van der Waals surface area (Å²) in [6, 6.07) is 6.14. The molecule has 0 radical (unpaired) electrons. The standard InChI is InChI=1S/C19H20N2OS2/c1-10-4-6-12(3)14(8-10)21-18(22)16-13-7-5-11(2)9-15(13)24-17(16)20-19(21)23/h4,6,8,11H,5,7,9H2,1-3H3,(H,20,23). The molecule has 0 amide bonds. The molecular weight excluding hydrogens is 336 g/mol. The molecule has 1 aliphatic rings. The number of thiophene rings is 1. The fourth-order valence-electron chi connectivity index (χ4n) is 3.60. The van der Waals surface area contributed by atoms with Crippen LogP contribution in [0.2, 0.25) is 0 Å². The zero-order valence-electron chi connectivity index (χ0n) is 14.1. The molecular formula is C19H20N2OS2. The van der Waals surface area contributed by atoms with Gasteiger partial charge in [-0.2, -0.15) is 0 Å². The van der Waals surface area contributed by atoms with Crippen molar-refractivity contribution in [1.82, 2.24) is 9.55 Å². The smallest absolute Gasteiger partial charge is 0.267 e. The molecule has 1 aliphatic carbocycles. The second-order valence-electron chi connectivity index (χ2n) is 6.92. The van der Waals surface area contributed by atoms with Gasteiger partial charge in [0.15, 0.2) is 4.77 Å². The normalized spacial score (nSPS) is 17.2. The first-order valence-corrected chi connectivity index (χ1v) is 9.55. The van der Waals surface area contributed by atoms with Gasteiger partial charge >= 0.3 is 0 Å². The Kier molecular flexibility index (Phi) is 3.73. The summed E-state index contributed by atoms with van der Waals surface area (Å²) in [6.45, 7) is 6.34. The van der Waals surface area contributed by atoms with E-state index in [0.29, 0.717) is 10.7 Å². The highest BCUT2D eigenvalue weighted by molar-refractivity contribution is 7.71. The summed E-state index contributed by atoms with van der Waals surface area (Å²) in [5.74, 6) is 0.690. The molecule has 1 aromatic carbocycles. The van der Waals surface area contributed by atoms with Crippen LogP contribution in [0, 0.1) is 24.5 Å². The number of H-pyrrole nitrogens is 1. The van der Waals surface area contributed by atoms with Gasteiger partial charge in [-0.15, -0.1) is 11.3 Å². The topological polar surface area (TPSA) is 37.8 Å². The third-order valence-corrected chi connectivity index (χ3v) is 6.41. The van der Waals surface area contributed by atoms with Gasteiger partial charge in [-0.3, -0.25) is 9.36 Å². The average Bonchev–Trinajstić information content (AvgIpc) is 2.87. The summed E-state index contributed by atoms with van der Waals surface area (Å²) in [6.07, 6.45) is 3.21. The van der Waals surface area contributed by atoms with Gasteiger partial charge in [0, 0.05) is 4.88 Å². The number of aryl methyl sites for hydroxylation is 3. The molecule has 0 aliphatic heterocycles. The van der Waals surface area contributed by atoms with Gasteiger partial charge in [-0.25, -0.2) is 0 Å². The van der Waals surface area contributed by atoms with Crippen molar-refractivity contribution in [2.75, 3.05) is 0 Å². The molecule has 24 heavy (non-hydrogen) atoms. The molecule has 0 spiro atoms. The molecule has 0 saturated heterocycles. The van der Waals surface area contributed by atoms with Gasteiger partial charge in [-0.05, 0) is 74.0 Å². The van der Waals surface area contributed by atoms with Gasteiger partial charge in [0.1, 0.15) is 4.83 Å². The van der Waals surface area contributed by atoms with Crippen LogP contribution >= 0.6 is 23.6 Å². The minimum absolute atomic E-state index is 0.0227. The van der Waals surface area contributed by atoms with Gasteiger partial charge in [-0.1, -0.05) is 19.1 Å². The molecule has 3 aromatic rings. The molecule has 1 atom stereocenters. The quantitative estimate of drug-likeness (QED) is 0.633. The Labute approximate surface area is 150 Å². The number of nitrogens with one attached hydrogen (secondary N) is 1. The highest BCUT2D eigenvalue weighted by atomic mass is 32.1. The number of fused-ring (bicyclic) bond motifs is 3. The van der Waals surface area contributed by atoms with E-state index in [-0.39, 0.29) is 5.56 Å². The third-order valence-electron chi connectivity index (χ3n) is 4.96. The Morgan fingerprint density at radius 1 is 1.33 bits per heavy atom. The van der Waals surface area contributed by atoms with Crippen LogP contribution in [0.4, 0.5) is 0 Å². The lowest BCUT2D eigenvalue weighted by Crippen LogP contribution is -2.22. The number of rotatable bonds is 1. The number of hydrogen-bond acceptors (Lipinski definition) is 3. The molecule has 1 N–H and O–H groups in total. The second-order valence-corrected chi connectivity index (χ2v) is 8.41. The third kappa shape index (κ3) is 2.38. The van der Waals surface area contributed by atoms with Crippen molar-refractivity contribution in [2.45, 2.75) is 40.0 Å². The van der Waals surface area contributed by atoms with Gasteiger partial charge in [0.2, 0.25) is 0 Å². The number of benzene rings is 1. The van der Waals surface area contributed by atoms with Crippen molar-refractivity contribution >= 4 is 33.8 Å². The molecule has 5 heteroatoms. The van der Waals surface area contributed by atoms with Gasteiger partial charge in [0.05, 0.1) is 11.1 Å². The highest BCUT2D eigenvalue weighted by Gasteiger charge is 2.23. The van der Waals surface area contributed by atoms with Crippen molar-refractivity contribution in [3.05, 3.63) is 54.9 Å². The van der Waals surface area contributed by atoms with Crippen molar-refractivity contribution in [3.63, 3.8) is 0 Å². The van der Waals surface area contributed by atoms with E-state index in [0.717, 1.165) is 46.3 Å². The van der Waals surface area contributed by atoms with Crippen molar-refractivity contribution in [3.8, 4) is 5.69 Å². The maximum absolute atomic E-state index is 13.3. The Morgan fingerprint density at radius 3 is 2.92 bits per heavy atom. The second kappa shape index (κ2) is 5.67. The van der Waals surface area contributed by atoms with Crippen LogP contribution in [0.15, 0.2) is 23.0 Å². The zero-order chi connectivity index (χ0) is 17.0. The Morgan fingerprint density at radius 2 is 2.12 bits per heavy atom. The predicted molar refractivity (Wildman–Crippen MR) is 103 cm³/mol. The average molecular weight is 357 g/mol. The minimum atomic E-state index is 0.0227. The van der Waals surface area contributed by atoms with E-state index in [1.165, 1.54) is 10.4 Å². The van der Waals surface area contributed by atoms with Crippen LogP contribution in [0.25, 0.3) is 15.9 Å². The monoisotopic (exact) mass is 356 g/mol. The Hall–Kier alpha value is -1.72. The molecule has 0 saturated carbocycles. The lowest BCUT2D eigenvalue weighted by Gasteiger charge is -2.17. The largest absolute Gasteiger partial charge is 0.323 e. The molecule has 3 nitrogen and oxygen atoms in total. The molecule has 2 aromatic heterocycles. The first-order valence-electron chi connectivity index (χ1n) is 8.33. The number of hydrogen-bond donors (Lipinski definition) is 1. The fourth-order valence-corrected chi connectivity index (χ4v) is 5.35. The molecule has 124 valence electrons. The van der Waals surface area contributed by atoms with Crippen molar-refractivity contribution < 1.29 is 0 Å². The molecule has 2 heterocycles. The summed E-state index contributed by atoms with van der Waals surface area (Å²) < 4.78 is 2.15. The van der Waals surface area contributed by atoms with Crippen molar-refractivity contribution in [1.29, 1.82) is 0 Å². The Bertz CT molecular complexity index is 1070. The maximum atomic E-state index is 13.3. The number of nitrogens with zero attached hydrogens (tertiary/aromatic N) is 1. The first-order chi connectivity index (χ1) is 11.5. The van der Waals surface area contributed by atoms with Crippen LogP contribution in [0.1, 0.15) is 34.9 Å². The van der Waals surface area contributed by atoms with Gasteiger partial charge < -0.3 is 4.98 Å². The van der Waals surface area contributed by atoms with E-state index in [2.05, 4.69) is 18.0 Å². The summed E-state index contributed by atoms with van der Waals surface area (Å²) in [5.41, 5.74) is 4.32. The van der Waals surface area contributed by atoms with Gasteiger partial charge in [0.25, 0.3) is 5.56 Å². The summed E-state index contributed by atoms with van der Waals surface area (Å²) in [4.78, 5) is 18.9. The SMILES string of the molecule is Cc1ccc(C)c(-n2c(=S)[nH]c3sc4c(c3c2=O)CCC(C)C4)c1. The number of aromatic nitrogens is 2. The number of aromatic amines is 1. The minimum Gasteiger partial charge on any atom is -0.323 e. The van der Waals surface area contributed by atoms with E-state index in [9.17, 15) is 4.79 Å². The lowest BCUT2D eigenvalue weighted by molar-refractivity contribution is 0.509. The Balaban J connectivity index is 2.06. The van der Waals surface area contributed by atoms with E-state index in [1.807, 2.05) is 26.0 Å². The molecule has 1 unspecified atom stereocenters.